The Morgan fingerprint density at radius 3 is 2.47 bits per heavy atom. The molecule has 0 radical (unpaired) electrons. The summed E-state index contributed by atoms with van der Waals surface area (Å²) in [5.74, 6) is 0. The van der Waals surface area contributed by atoms with E-state index < -0.39 is 31.1 Å². The second-order valence-corrected chi connectivity index (χ2v) is 7.78. The van der Waals surface area contributed by atoms with Gasteiger partial charge in [-0.2, -0.15) is 8.42 Å². The minimum atomic E-state index is -4.78. The molecule has 0 aliphatic heterocycles. The van der Waals surface area contributed by atoms with Crippen LogP contribution in [0.4, 0.5) is 0 Å². The molecular formula is C10H12N2O5S2. The first-order chi connectivity index (χ1) is 8.68. The predicted molar refractivity (Wildman–Crippen MR) is 70.4 cm³/mol. The average molecular weight is 304 g/mol. The second kappa shape index (κ2) is 4.60. The van der Waals surface area contributed by atoms with E-state index in [0.29, 0.717) is 5.56 Å². The third kappa shape index (κ3) is 3.13. The highest BCUT2D eigenvalue weighted by Crippen LogP contribution is 2.18. The van der Waals surface area contributed by atoms with Crippen LogP contribution in [-0.2, 0) is 26.6 Å². The predicted octanol–water partition coefficient (Wildman–Crippen LogP) is 0.213. The van der Waals surface area contributed by atoms with Crippen LogP contribution in [0, 0.1) is 0 Å². The maximum absolute atomic E-state index is 11.2. The van der Waals surface area contributed by atoms with Crippen molar-refractivity contribution in [3.05, 3.63) is 36.0 Å². The number of hydrogen-bond acceptors (Lipinski definition) is 4. The molecule has 1 aromatic heterocycles. The van der Waals surface area contributed by atoms with Gasteiger partial charge in [-0.1, -0.05) is 6.07 Å². The largest absolute Gasteiger partial charge is 0.361 e. The van der Waals surface area contributed by atoms with E-state index in [1.54, 1.807) is 30.5 Å². The van der Waals surface area contributed by atoms with E-state index in [2.05, 4.69) is 4.98 Å². The van der Waals surface area contributed by atoms with E-state index in [-0.39, 0.29) is 0 Å². The number of aromatic nitrogens is 1. The monoisotopic (exact) mass is 304 g/mol. The maximum atomic E-state index is 11.2. The van der Waals surface area contributed by atoms with Crippen molar-refractivity contribution in [1.29, 1.82) is 0 Å². The van der Waals surface area contributed by atoms with E-state index in [9.17, 15) is 16.8 Å². The number of rotatable bonds is 4. The molecule has 19 heavy (non-hydrogen) atoms. The van der Waals surface area contributed by atoms with Crippen LogP contribution in [0.2, 0.25) is 0 Å². The van der Waals surface area contributed by atoms with Crippen molar-refractivity contribution in [3.63, 3.8) is 0 Å². The first kappa shape index (κ1) is 14.0. The topological polar surface area (TPSA) is 130 Å². The lowest BCUT2D eigenvalue weighted by Crippen LogP contribution is -2.37. The van der Waals surface area contributed by atoms with E-state index >= 15 is 0 Å². The van der Waals surface area contributed by atoms with Crippen LogP contribution in [0.5, 0.6) is 0 Å². The standard InChI is InChI=1S/C10H12N2O5S2/c11-18(13,14)10(19(15,16)17)6-7-1-2-9-8(5-7)3-4-12-9/h1-5,10,12H,6H2,(H2,11,13,14)(H,15,16,17). The van der Waals surface area contributed by atoms with Gasteiger partial charge in [0.2, 0.25) is 14.6 Å². The summed E-state index contributed by atoms with van der Waals surface area (Å²) in [5.41, 5.74) is 1.28. The summed E-state index contributed by atoms with van der Waals surface area (Å²) in [6.07, 6.45) is 1.30. The molecule has 1 heterocycles. The van der Waals surface area contributed by atoms with Crippen LogP contribution in [-0.4, -0.2) is 31.0 Å². The fourth-order valence-electron chi connectivity index (χ4n) is 1.81. The molecule has 2 aromatic rings. The Morgan fingerprint density at radius 2 is 1.89 bits per heavy atom. The molecule has 1 unspecified atom stereocenters. The third-order valence-corrected chi connectivity index (χ3v) is 5.98. The first-order valence-corrected chi connectivity index (χ1v) is 8.33. The molecule has 7 nitrogen and oxygen atoms in total. The van der Waals surface area contributed by atoms with Crippen molar-refractivity contribution in [2.75, 3.05) is 0 Å². The summed E-state index contributed by atoms with van der Waals surface area (Å²) in [4.78, 5) is 2.95. The highest BCUT2D eigenvalue weighted by atomic mass is 32.3. The molecular weight excluding hydrogens is 292 g/mol. The summed E-state index contributed by atoms with van der Waals surface area (Å²) in [6.45, 7) is 0. The van der Waals surface area contributed by atoms with Crippen LogP contribution in [0.15, 0.2) is 30.5 Å². The van der Waals surface area contributed by atoms with Crippen LogP contribution in [0.1, 0.15) is 5.56 Å². The second-order valence-electron chi connectivity index (χ2n) is 4.14. The minimum absolute atomic E-state index is 0.404. The molecule has 0 saturated heterocycles. The lowest BCUT2D eigenvalue weighted by Gasteiger charge is -2.11. The minimum Gasteiger partial charge on any atom is -0.361 e. The highest BCUT2D eigenvalue weighted by Gasteiger charge is 2.34. The molecule has 4 N–H and O–H groups in total. The van der Waals surface area contributed by atoms with Crippen molar-refractivity contribution < 1.29 is 21.4 Å². The fourth-order valence-corrected chi connectivity index (χ4v) is 4.00. The number of benzene rings is 1. The molecule has 9 heteroatoms. The van der Waals surface area contributed by atoms with Crippen molar-refractivity contribution in [2.24, 2.45) is 5.14 Å². The summed E-state index contributed by atoms with van der Waals surface area (Å²) in [5, 5.41) is 5.64. The van der Waals surface area contributed by atoms with Gasteiger partial charge in [-0.05, 0) is 29.1 Å². The third-order valence-electron chi connectivity index (χ3n) is 2.72. The van der Waals surface area contributed by atoms with E-state index in [4.69, 9.17) is 9.69 Å². The first-order valence-electron chi connectivity index (χ1n) is 5.22. The molecule has 104 valence electrons. The number of nitrogens with two attached hydrogens (primary N) is 1. The molecule has 2 rings (SSSR count). The molecule has 0 bridgehead atoms. The van der Waals surface area contributed by atoms with Gasteiger partial charge in [0.05, 0.1) is 0 Å². The Balaban J connectivity index is 2.42. The molecule has 0 fully saturated rings. The van der Waals surface area contributed by atoms with Crippen LogP contribution in [0.25, 0.3) is 10.9 Å². The van der Waals surface area contributed by atoms with Crippen LogP contribution >= 0.6 is 0 Å². The normalized spacial score (nSPS) is 14.6. The van der Waals surface area contributed by atoms with E-state index in [1.807, 2.05) is 0 Å². The zero-order valence-electron chi connectivity index (χ0n) is 9.65. The van der Waals surface area contributed by atoms with Gasteiger partial charge >= 0.3 is 0 Å². The molecule has 1 atom stereocenters. The fraction of sp³-hybridized carbons (Fsp3) is 0.200. The Hall–Kier alpha value is -1.42. The van der Waals surface area contributed by atoms with Crippen LogP contribution < -0.4 is 5.14 Å². The number of nitrogens with one attached hydrogen (secondary N) is 1. The molecule has 0 saturated carbocycles. The van der Waals surface area contributed by atoms with Crippen molar-refractivity contribution in [3.8, 4) is 0 Å². The van der Waals surface area contributed by atoms with Gasteiger partial charge < -0.3 is 4.98 Å². The van der Waals surface area contributed by atoms with Gasteiger partial charge in [0.25, 0.3) is 10.1 Å². The Kier molecular flexibility index (Phi) is 3.39. The van der Waals surface area contributed by atoms with Crippen LogP contribution in [0.3, 0.4) is 0 Å². The zero-order chi connectivity index (χ0) is 14.3. The summed E-state index contributed by atoms with van der Waals surface area (Å²) in [6, 6.07) is 6.66. The van der Waals surface area contributed by atoms with Gasteiger partial charge in [0, 0.05) is 18.1 Å². The lowest BCUT2D eigenvalue weighted by atomic mass is 10.1. The van der Waals surface area contributed by atoms with Crippen molar-refractivity contribution in [1.82, 2.24) is 4.98 Å². The average Bonchev–Trinajstić information content (AvgIpc) is 2.69. The maximum Gasteiger partial charge on any atom is 0.284 e. The van der Waals surface area contributed by atoms with E-state index in [0.717, 1.165) is 10.9 Å². The van der Waals surface area contributed by atoms with Gasteiger partial charge in [0.1, 0.15) is 0 Å². The molecule has 0 spiro atoms. The number of H-pyrrole nitrogens is 1. The van der Waals surface area contributed by atoms with Gasteiger partial charge in [-0.3, -0.25) is 4.55 Å². The van der Waals surface area contributed by atoms with Crippen molar-refractivity contribution in [2.45, 2.75) is 11.0 Å². The summed E-state index contributed by atoms with van der Waals surface area (Å²) in [7, 11) is -9.19. The summed E-state index contributed by atoms with van der Waals surface area (Å²) >= 11 is 0. The molecule has 0 aliphatic carbocycles. The van der Waals surface area contributed by atoms with E-state index in [1.165, 1.54) is 0 Å². The molecule has 0 aliphatic rings. The Labute approximate surface area is 110 Å². The highest BCUT2D eigenvalue weighted by molar-refractivity contribution is 8.05. The quantitative estimate of drug-likeness (QED) is 0.695. The number of aromatic amines is 1. The molecule has 1 aromatic carbocycles. The zero-order valence-corrected chi connectivity index (χ0v) is 11.3. The van der Waals surface area contributed by atoms with Gasteiger partial charge in [0.15, 0.2) is 0 Å². The summed E-state index contributed by atoms with van der Waals surface area (Å²) < 4.78 is 51.5. The smallest absolute Gasteiger partial charge is 0.284 e. The Morgan fingerprint density at radius 1 is 1.21 bits per heavy atom. The van der Waals surface area contributed by atoms with Gasteiger partial charge in [-0.15, -0.1) is 0 Å². The Bertz CT molecular complexity index is 775. The number of hydrogen-bond donors (Lipinski definition) is 3. The van der Waals surface area contributed by atoms with Crippen molar-refractivity contribution >= 4 is 31.0 Å². The van der Waals surface area contributed by atoms with Gasteiger partial charge in [-0.25, -0.2) is 13.6 Å². The lowest BCUT2D eigenvalue weighted by molar-refractivity contribution is 0.475. The number of sulfonamides is 1. The number of fused-ring (bicyclic) bond motifs is 1. The number of primary sulfonamides is 1. The SMILES string of the molecule is NS(=O)(=O)C(Cc1ccc2[nH]ccc2c1)S(=O)(=O)O. The molecule has 0 amide bonds.